The van der Waals surface area contributed by atoms with Gasteiger partial charge in [0, 0.05) is 16.1 Å². The number of rotatable bonds is 0. The highest BCUT2D eigenvalue weighted by molar-refractivity contribution is 7.68. The van der Waals surface area contributed by atoms with Crippen molar-refractivity contribution in [2.45, 2.75) is 13.8 Å². The highest BCUT2D eigenvalue weighted by atomic mass is 32.9. The van der Waals surface area contributed by atoms with Crippen LogP contribution in [0.25, 0.3) is 10.6 Å². The van der Waals surface area contributed by atoms with Gasteiger partial charge in [-0.15, -0.1) is 0 Å². The Morgan fingerprint density at radius 3 is 2.92 bits per heavy atom. The Kier molecular flexibility index (Phi) is 1.73. The van der Waals surface area contributed by atoms with E-state index in [9.17, 15) is 4.79 Å². The van der Waals surface area contributed by atoms with Gasteiger partial charge in [0.05, 0.1) is 10.6 Å². The summed E-state index contributed by atoms with van der Waals surface area (Å²) in [6.07, 6.45) is 0. The molecule has 1 aliphatic carbocycles. The molecule has 1 aliphatic heterocycles. The first-order valence-electron chi connectivity index (χ1n) is 3.56. The third kappa shape index (κ3) is 0.990. The molecule has 2 rings (SSSR count). The van der Waals surface area contributed by atoms with Crippen molar-refractivity contribution in [2.75, 3.05) is 0 Å². The molecule has 0 saturated heterocycles. The average Bonchev–Trinajstić information content (AvgIpc) is 2.48. The fraction of sp³-hybridized carbons (Fsp3) is 0.250. The summed E-state index contributed by atoms with van der Waals surface area (Å²) >= 11 is 0. The molecule has 2 aliphatic rings. The zero-order valence-electron chi connectivity index (χ0n) is 6.75. The molecule has 2 nitrogen and oxygen atoms in total. The van der Waals surface area contributed by atoms with E-state index in [0.29, 0.717) is 0 Å². The molecule has 12 heavy (non-hydrogen) atoms. The number of nitrogens with zero attached hydrogens (tertiary/aromatic N) is 1. The van der Waals surface area contributed by atoms with Crippen molar-refractivity contribution < 1.29 is 0 Å². The van der Waals surface area contributed by atoms with Crippen LogP contribution < -0.4 is 5.43 Å². The quantitative estimate of drug-likeness (QED) is 0.606. The van der Waals surface area contributed by atoms with Crippen molar-refractivity contribution in [3.05, 3.63) is 27.4 Å². The van der Waals surface area contributed by atoms with Gasteiger partial charge in [0.2, 0.25) is 0 Å². The smallest absolute Gasteiger partial charge is 0.186 e. The van der Waals surface area contributed by atoms with Gasteiger partial charge in [0.1, 0.15) is 0 Å². The van der Waals surface area contributed by atoms with Crippen LogP contribution in [-0.2, 0) is 0 Å². The van der Waals surface area contributed by atoms with E-state index in [2.05, 4.69) is 4.37 Å². The van der Waals surface area contributed by atoms with Crippen LogP contribution in [0.3, 0.4) is 0 Å². The number of aryl methyl sites for hydroxylation is 1. The lowest BCUT2D eigenvalue weighted by molar-refractivity contribution is 1.30. The molecular formula is C8H7NOS2. The summed E-state index contributed by atoms with van der Waals surface area (Å²) < 4.78 is 4.20. The second-order valence-corrected chi connectivity index (χ2v) is 4.60. The molecule has 0 aromatic rings. The largest absolute Gasteiger partial charge is 0.289 e. The van der Waals surface area contributed by atoms with Crippen molar-refractivity contribution >= 4 is 20.9 Å². The number of fused-ring (bicyclic) bond motifs is 1. The van der Waals surface area contributed by atoms with Crippen molar-refractivity contribution in [1.82, 2.24) is 4.37 Å². The summed E-state index contributed by atoms with van der Waals surface area (Å²) in [5.41, 5.74) is 2.74. The predicted molar refractivity (Wildman–Crippen MR) is 52.4 cm³/mol. The predicted octanol–water partition coefficient (Wildman–Crippen LogP) is 2.29. The van der Waals surface area contributed by atoms with Gasteiger partial charge in [-0.05, 0) is 25.5 Å². The number of hydrogen-bond donors (Lipinski definition) is 0. The Balaban J connectivity index is 2.95. The Hall–Kier alpha value is -0.740. The molecule has 0 spiro atoms. The Labute approximate surface area is 77.4 Å². The van der Waals surface area contributed by atoms with Crippen LogP contribution in [0.15, 0.2) is 10.9 Å². The van der Waals surface area contributed by atoms with E-state index in [4.69, 9.17) is 0 Å². The maximum absolute atomic E-state index is 11.5. The van der Waals surface area contributed by atoms with Crippen molar-refractivity contribution in [2.24, 2.45) is 0 Å². The summed E-state index contributed by atoms with van der Waals surface area (Å²) in [6, 6.07) is 1.86. The molecule has 0 radical (unpaired) electrons. The number of benzene rings is 1. The average molecular weight is 197 g/mol. The summed E-state index contributed by atoms with van der Waals surface area (Å²) in [4.78, 5) is 12.5. The molecule has 1 heterocycles. The second-order valence-electron chi connectivity index (χ2n) is 2.74. The first kappa shape index (κ1) is 7.89. The van der Waals surface area contributed by atoms with Crippen LogP contribution in [0.5, 0.6) is 0 Å². The summed E-state index contributed by atoms with van der Waals surface area (Å²) in [7, 11) is 3.00. The minimum atomic E-state index is 0.152. The molecule has 0 aromatic carbocycles. The summed E-state index contributed by atoms with van der Waals surface area (Å²) in [5, 5.41) is 0. The van der Waals surface area contributed by atoms with Crippen LogP contribution in [-0.4, -0.2) is 4.37 Å². The van der Waals surface area contributed by atoms with Gasteiger partial charge in [0.25, 0.3) is 0 Å². The molecule has 0 unspecified atom stereocenters. The van der Waals surface area contributed by atoms with Gasteiger partial charge < -0.3 is 0 Å². The minimum absolute atomic E-state index is 0.152. The monoisotopic (exact) mass is 197 g/mol. The lowest BCUT2D eigenvalue weighted by Gasteiger charge is -1.99. The Bertz CT molecular complexity index is 443. The molecule has 0 fully saturated rings. The molecule has 0 N–H and O–H groups in total. The maximum atomic E-state index is 11.5. The van der Waals surface area contributed by atoms with E-state index >= 15 is 0 Å². The van der Waals surface area contributed by atoms with Gasteiger partial charge in [-0.1, -0.05) is 10.3 Å². The topological polar surface area (TPSA) is 30.0 Å². The van der Waals surface area contributed by atoms with Crippen molar-refractivity contribution in [3.8, 4) is 10.6 Å². The van der Waals surface area contributed by atoms with E-state index in [1.165, 1.54) is 10.5 Å². The van der Waals surface area contributed by atoms with Gasteiger partial charge in [-0.2, -0.15) is 4.37 Å². The molecule has 0 amide bonds. The zero-order chi connectivity index (χ0) is 8.72. The van der Waals surface area contributed by atoms with Crippen molar-refractivity contribution in [1.29, 1.82) is 0 Å². The highest BCUT2D eigenvalue weighted by Crippen LogP contribution is 2.30. The fourth-order valence-corrected chi connectivity index (χ4v) is 3.21. The lowest BCUT2D eigenvalue weighted by Crippen LogP contribution is -2.09. The molecule has 0 atom stereocenters. The normalized spacial score (nSPS) is 10.8. The first-order chi connectivity index (χ1) is 5.70. The summed E-state index contributed by atoms with van der Waals surface area (Å²) in [6.45, 7) is 3.70. The Morgan fingerprint density at radius 2 is 2.17 bits per heavy atom. The van der Waals surface area contributed by atoms with Gasteiger partial charge in [0.15, 0.2) is 5.43 Å². The zero-order valence-corrected chi connectivity index (χ0v) is 8.38. The van der Waals surface area contributed by atoms with E-state index in [1.807, 2.05) is 19.9 Å². The lowest BCUT2D eigenvalue weighted by atomic mass is 10.1. The third-order valence-corrected chi connectivity index (χ3v) is 3.86. The van der Waals surface area contributed by atoms with Crippen molar-refractivity contribution in [3.63, 3.8) is 0 Å². The van der Waals surface area contributed by atoms with Crippen LogP contribution in [0.1, 0.15) is 11.1 Å². The van der Waals surface area contributed by atoms with E-state index in [-0.39, 0.29) is 5.43 Å². The molecule has 0 bridgehead atoms. The first-order valence-corrected chi connectivity index (χ1v) is 5.67. The SMILES string of the molecule is Cc1cc2nssc-2c(C)c1=O. The second kappa shape index (κ2) is 2.64. The van der Waals surface area contributed by atoms with Crippen LogP contribution in [0, 0.1) is 13.8 Å². The van der Waals surface area contributed by atoms with E-state index < -0.39 is 0 Å². The minimum Gasteiger partial charge on any atom is -0.289 e. The van der Waals surface area contributed by atoms with E-state index in [1.54, 1.807) is 10.3 Å². The van der Waals surface area contributed by atoms with Crippen LogP contribution in [0.2, 0.25) is 0 Å². The molecule has 0 aromatic heterocycles. The highest BCUT2D eigenvalue weighted by Gasteiger charge is 2.12. The molecule has 0 saturated carbocycles. The fourth-order valence-electron chi connectivity index (χ4n) is 1.20. The standard InChI is InChI=1S/C8H7NOS2/c1-4-3-6-8(11-12-9-6)5(2)7(4)10/h3H,1-2H3. The van der Waals surface area contributed by atoms with Gasteiger partial charge >= 0.3 is 0 Å². The van der Waals surface area contributed by atoms with Crippen LogP contribution >= 0.6 is 20.9 Å². The van der Waals surface area contributed by atoms with Gasteiger partial charge in [-0.3, -0.25) is 4.79 Å². The maximum Gasteiger partial charge on any atom is 0.186 e. The Morgan fingerprint density at radius 1 is 1.42 bits per heavy atom. The number of aromatic nitrogens is 1. The summed E-state index contributed by atoms with van der Waals surface area (Å²) in [5.74, 6) is 0. The third-order valence-electron chi connectivity index (χ3n) is 1.88. The molecule has 62 valence electrons. The molecular weight excluding hydrogens is 190 g/mol. The number of hydrogen-bond acceptors (Lipinski definition) is 4. The molecule has 4 heteroatoms. The van der Waals surface area contributed by atoms with Crippen LogP contribution in [0.4, 0.5) is 0 Å². The van der Waals surface area contributed by atoms with E-state index in [0.717, 1.165) is 21.7 Å². The van der Waals surface area contributed by atoms with Gasteiger partial charge in [-0.25, -0.2) is 0 Å².